The lowest BCUT2D eigenvalue weighted by atomic mass is 10.1. The topological polar surface area (TPSA) is 63.1 Å². The molecule has 1 aromatic rings. The van der Waals surface area contributed by atoms with Crippen LogP contribution in [0.5, 0.6) is 0 Å². The van der Waals surface area contributed by atoms with E-state index < -0.39 is 0 Å². The summed E-state index contributed by atoms with van der Waals surface area (Å²) < 4.78 is 1.69. The van der Waals surface area contributed by atoms with Crippen LogP contribution in [0.15, 0.2) is 12.4 Å². The van der Waals surface area contributed by atoms with Gasteiger partial charge < -0.3 is 10.2 Å². The van der Waals surface area contributed by atoms with Crippen LogP contribution in [-0.4, -0.2) is 51.5 Å². The Morgan fingerprint density at radius 2 is 2.44 bits per heavy atom. The molecule has 1 N–H and O–H groups in total. The summed E-state index contributed by atoms with van der Waals surface area (Å²) in [6.45, 7) is 5.25. The minimum Gasteiger partial charge on any atom is -0.337 e. The van der Waals surface area contributed by atoms with Crippen molar-refractivity contribution in [2.24, 2.45) is 0 Å². The molecule has 0 spiro atoms. The smallest absolute Gasteiger partial charge is 0.224 e. The molecule has 0 saturated carbocycles. The number of carbonyl (C=O) groups excluding carboxylic acids is 1. The highest BCUT2D eigenvalue weighted by Gasteiger charge is 2.26. The molecular formula is C10H17N5O. The van der Waals surface area contributed by atoms with Crippen LogP contribution in [0.2, 0.25) is 0 Å². The summed E-state index contributed by atoms with van der Waals surface area (Å²) in [6.07, 6.45) is 3.89. The van der Waals surface area contributed by atoms with Crippen molar-refractivity contribution < 1.29 is 4.79 Å². The predicted octanol–water partition coefficient (Wildman–Crippen LogP) is -0.511. The molecule has 0 radical (unpaired) electrons. The van der Waals surface area contributed by atoms with Crippen LogP contribution in [-0.2, 0) is 11.3 Å². The van der Waals surface area contributed by atoms with Crippen LogP contribution in [0.1, 0.15) is 13.3 Å². The molecule has 1 amide bonds. The maximum Gasteiger partial charge on any atom is 0.224 e. The minimum absolute atomic E-state index is 0.199. The number of amides is 1. The van der Waals surface area contributed by atoms with E-state index in [4.69, 9.17) is 0 Å². The van der Waals surface area contributed by atoms with Crippen molar-refractivity contribution in [1.82, 2.24) is 25.2 Å². The zero-order chi connectivity index (χ0) is 11.4. The monoisotopic (exact) mass is 223 g/mol. The number of aromatic nitrogens is 3. The van der Waals surface area contributed by atoms with E-state index >= 15 is 0 Å². The Bertz CT molecular complexity index is 333. The van der Waals surface area contributed by atoms with Crippen LogP contribution < -0.4 is 5.32 Å². The summed E-state index contributed by atoms with van der Waals surface area (Å²) in [5.74, 6) is 0.199. The van der Waals surface area contributed by atoms with Gasteiger partial charge in [0.1, 0.15) is 0 Å². The lowest BCUT2D eigenvalue weighted by molar-refractivity contribution is -0.134. The highest BCUT2D eigenvalue weighted by molar-refractivity contribution is 5.76. The molecule has 1 aromatic heterocycles. The third-order valence-corrected chi connectivity index (χ3v) is 2.89. The molecule has 16 heavy (non-hydrogen) atoms. The Balaban J connectivity index is 1.81. The number of nitrogens with one attached hydrogen (secondary N) is 1. The molecular weight excluding hydrogens is 206 g/mol. The molecule has 6 heteroatoms. The van der Waals surface area contributed by atoms with Crippen molar-refractivity contribution in [2.45, 2.75) is 25.9 Å². The van der Waals surface area contributed by atoms with E-state index in [1.807, 2.05) is 11.8 Å². The lowest BCUT2D eigenvalue weighted by Gasteiger charge is -2.37. The van der Waals surface area contributed by atoms with Crippen LogP contribution >= 0.6 is 0 Å². The molecule has 0 bridgehead atoms. The van der Waals surface area contributed by atoms with Gasteiger partial charge in [-0.1, -0.05) is 5.21 Å². The maximum atomic E-state index is 11.9. The normalized spacial score (nSPS) is 15.8. The number of carbonyl (C=O) groups is 1. The fourth-order valence-electron chi connectivity index (χ4n) is 1.84. The number of nitrogens with zero attached hydrogens (tertiary/aromatic N) is 4. The molecule has 0 aromatic carbocycles. The second-order valence-corrected chi connectivity index (χ2v) is 3.91. The van der Waals surface area contributed by atoms with Crippen LogP contribution in [0, 0.1) is 0 Å². The first-order valence-electron chi connectivity index (χ1n) is 5.65. The van der Waals surface area contributed by atoms with Gasteiger partial charge in [0.2, 0.25) is 5.91 Å². The van der Waals surface area contributed by atoms with Gasteiger partial charge in [-0.2, -0.15) is 0 Å². The Morgan fingerprint density at radius 1 is 1.62 bits per heavy atom. The molecule has 88 valence electrons. The molecule has 6 nitrogen and oxygen atoms in total. The predicted molar refractivity (Wildman–Crippen MR) is 58.7 cm³/mol. The summed E-state index contributed by atoms with van der Waals surface area (Å²) in [5, 5.41) is 10.7. The minimum atomic E-state index is 0.199. The second-order valence-electron chi connectivity index (χ2n) is 3.91. The van der Waals surface area contributed by atoms with Crippen molar-refractivity contribution in [3.05, 3.63) is 12.4 Å². The van der Waals surface area contributed by atoms with Crippen LogP contribution in [0.4, 0.5) is 0 Å². The van der Waals surface area contributed by atoms with Gasteiger partial charge >= 0.3 is 0 Å². The Kier molecular flexibility index (Phi) is 3.51. The number of rotatable bonds is 5. The number of hydrogen-bond donors (Lipinski definition) is 1. The van der Waals surface area contributed by atoms with E-state index in [1.165, 1.54) is 0 Å². The van der Waals surface area contributed by atoms with Crippen molar-refractivity contribution in [3.8, 4) is 0 Å². The number of likely N-dealkylation sites (N-methyl/N-ethyl adjacent to an activating group) is 1. The zero-order valence-electron chi connectivity index (χ0n) is 9.46. The number of hydrogen-bond acceptors (Lipinski definition) is 4. The fraction of sp³-hybridized carbons (Fsp3) is 0.700. The van der Waals surface area contributed by atoms with Gasteiger partial charge in [-0.05, 0) is 6.92 Å². The van der Waals surface area contributed by atoms with Crippen LogP contribution in [0.25, 0.3) is 0 Å². The summed E-state index contributed by atoms with van der Waals surface area (Å²) >= 11 is 0. The van der Waals surface area contributed by atoms with Gasteiger partial charge in [-0.3, -0.25) is 9.48 Å². The van der Waals surface area contributed by atoms with Gasteiger partial charge in [-0.15, -0.1) is 5.10 Å². The highest BCUT2D eigenvalue weighted by atomic mass is 16.2. The van der Waals surface area contributed by atoms with Gasteiger partial charge in [-0.25, -0.2) is 0 Å². The van der Waals surface area contributed by atoms with E-state index in [0.717, 1.165) is 19.6 Å². The first kappa shape index (κ1) is 11.1. The van der Waals surface area contributed by atoms with E-state index in [0.29, 0.717) is 19.0 Å². The summed E-state index contributed by atoms with van der Waals surface area (Å²) in [6, 6.07) is 0.383. The Morgan fingerprint density at radius 3 is 2.94 bits per heavy atom. The van der Waals surface area contributed by atoms with E-state index in [1.54, 1.807) is 17.1 Å². The van der Waals surface area contributed by atoms with Gasteiger partial charge in [0.15, 0.2) is 0 Å². The van der Waals surface area contributed by atoms with E-state index in [-0.39, 0.29) is 5.91 Å². The third kappa shape index (κ3) is 2.38. The summed E-state index contributed by atoms with van der Waals surface area (Å²) in [4.78, 5) is 13.9. The Hall–Kier alpha value is -1.43. The van der Waals surface area contributed by atoms with Crippen molar-refractivity contribution >= 4 is 5.91 Å². The fourth-order valence-corrected chi connectivity index (χ4v) is 1.84. The lowest BCUT2D eigenvalue weighted by Crippen LogP contribution is -2.58. The Labute approximate surface area is 94.6 Å². The largest absolute Gasteiger partial charge is 0.337 e. The first-order chi connectivity index (χ1) is 7.81. The van der Waals surface area contributed by atoms with Crippen molar-refractivity contribution in [2.75, 3.05) is 19.6 Å². The maximum absolute atomic E-state index is 11.9. The SMILES string of the molecule is CCN(C(=O)CCn1ccnn1)C1CNC1. The number of aryl methyl sites for hydroxylation is 1. The molecule has 1 fully saturated rings. The molecule has 2 rings (SSSR count). The van der Waals surface area contributed by atoms with E-state index in [9.17, 15) is 4.79 Å². The van der Waals surface area contributed by atoms with Gasteiger partial charge in [0.25, 0.3) is 0 Å². The molecule has 2 heterocycles. The molecule has 0 atom stereocenters. The van der Waals surface area contributed by atoms with Crippen molar-refractivity contribution in [3.63, 3.8) is 0 Å². The molecule has 0 aliphatic carbocycles. The average Bonchev–Trinajstić information content (AvgIpc) is 2.72. The molecule has 0 unspecified atom stereocenters. The quantitative estimate of drug-likeness (QED) is 0.730. The third-order valence-electron chi connectivity index (χ3n) is 2.89. The summed E-state index contributed by atoms with van der Waals surface area (Å²) in [7, 11) is 0. The van der Waals surface area contributed by atoms with Gasteiger partial charge in [0, 0.05) is 32.3 Å². The first-order valence-corrected chi connectivity index (χ1v) is 5.65. The highest BCUT2D eigenvalue weighted by Crippen LogP contribution is 2.07. The van der Waals surface area contributed by atoms with Gasteiger partial charge in [0.05, 0.1) is 18.8 Å². The zero-order valence-corrected chi connectivity index (χ0v) is 9.46. The average molecular weight is 223 g/mol. The molecule has 1 saturated heterocycles. The molecule has 1 aliphatic rings. The molecule has 1 aliphatic heterocycles. The standard InChI is InChI=1S/C10H17N5O/c1-2-15(9-7-11-8-9)10(16)3-5-14-6-4-12-13-14/h4,6,9,11H,2-3,5,7-8H2,1H3. The summed E-state index contributed by atoms with van der Waals surface area (Å²) in [5.41, 5.74) is 0. The van der Waals surface area contributed by atoms with Crippen molar-refractivity contribution in [1.29, 1.82) is 0 Å². The van der Waals surface area contributed by atoms with E-state index in [2.05, 4.69) is 15.6 Å². The van der Waals surface area contributed by atoms with Crippen LogP contribution in [0.3, 0.4) is 0 Å². The second kappa shape index (κ2) is 5.07.